The molecule has 2 aromatic heterocycles. The number of hydrogen-bond acceptors (Lipinski definition) is 2. The number of benzene rings is 2. The number of hydrogen-bond donors (Lipinski definition) is 1. The van der Waals surface area contributed by atoms with Gasteiger partial charge in [-0.3, -0.25) is 0 Å². The van der Waals surface area contributed by atoms with Gasteiger partial charge < -0.3 is 9.72 Å². The van der Waals surface area contributed by atoms with E-state index >= 15 is 0 Å². The standard InChI is InChI=1S/C22H22N2O2/c1-22(2,3)26-21(25)24-17(12-15-8-4-7-11-20(15)24)13-16-14-23-19-10-6-5-9-18(16)19/h4-12,14,23H,13H2,1-3H3. The van der Waals surface area contributed by atoms with Crippen LogP contribution in [-0.4, -0.2) is 21.2 Å². The number of rotatable bonds is 2. The van der Waals surface area contributed by atoms with Gasteiger partial charge in [0.25, 0.3) is 0 Å². The number of H-pyrrole nitrogens is 1. The van der Waals surface area contributed by atoms with Gasteiger partial charge in [0, 0.05) is 34.6 Å². The fourth-order valence-corrected chi connectivity index (χ4v) is 3.34. The number of carbonyl (C=O) groups excluding carboxylic acids is 1. The maximum absolute atomic E-state index is 12.9. The minimum Gasteiger partial charge on any atom is -0.443 e. The molecule has 0 amide bonds. The van der Waals surface area contributed by atoms with Crippen molar-refractivity contribution in [2.45, 2.75) is 32.8 Å². The first-order valence-corrected chi connectivity index (χ1v) is 8.80. The number of aromatic nitrogens is 2. The van der Waals surface area contributed by atoms with E-state index in [1.54, 1.807) is 4.57 Å². The number of aromatic amines is 1. The van der Waals surface area contributed by atoms with Crippen LogP contribution >= 0.6 is 0 Å². The van der Waals surface area contributed by atoms with Crippen LogP contribution in [0.3, 0.4) is 0 Å². The Balaban J connectivity index is 1.81. The van der Waals surface area contributed by atoms with E-state index in [4.69, 9.17) is 4.74 Å². The van der Waals surface area contributed by atoms with Crippen LogP contribution in [0.1, 0.15) is 32.0 Å². The number of fused-ring (bicyclic) bond motifs is 2. The summed E-state index contributed by atoms with van der Waals surface area (Å²) < 4.78 is 7.35. The predicted octanol–water partition coefficient (Wildman–Crippen LogP) is 5.50. The summed E-state index contributed by atoms with van der Waals surface area (Å²) in [5.41, 5.74) is 3.51. The quantitative estimate of drug-likeness (QED) is 0.521. The van der Waals surface area contributed by atoms with E-state index in [-0.39, 0.29) is 6.09 Å². The minimum atomic E-state index is -0.541. The lowest BCUT2D eigenvalue weighted by Gasteiger charge is -2.21. The molecule has 0 aliphatic carbocycles. The second-order valence-electron chi connectivity index (χ2n) is 7.55. The van der Waals surface area contributed by atoms with Crippen molar-refractivity contribution in [3.05, 3.63) is 72.1 Å². The SMILES string of the molecule is CC(C)(C)OC(=O)n1c(Cc2c[nH]c3ccccc23)cc2ccccc21. The Kier molecular flexibility index (Phi) is 3.83. The van der Waals surface area contributed by atoms with Crippen molar-refractivity contribution < 1.29 is 9.53 Å². The first-order chi connectivity index (χ1) is 12.4. The van der Waals surface area contributed by atoms with Crippen molar-refractivity contribution >= 4 is 27.9 Å². The number of nitrogens with zero attached hydrogens (tertiary/aromatic N) is 1. The maximum atomic E-state index is 12.9. The summed E-state index contributed by atoms with van der Waals surface area (Å²) in [6.45, 7) is 5.65. The predicted molar refractivity (Wildman–Crippen MR) is 105 cm³/mol. The van der Waals surface area contributed by atoms with E-state index in [2.05, 4.69) is 23.2 Å². The van der Waals surface area contributed by atoms with E-state index in [1.807, 2.05) is 63.4 Å². The van der Waals surface area contributed by atoms with Gasteiger partial charge in [-0.2, -0.15) is 0 Å². The molecule has 4 heteroatoms. The zero-order chi connectivity index (χ0) is 18.3. The van der Waals surface area contributed by atoms with Crippen LogP contribution in [0.5, 0.6) is 0 Å². The third-order valence-electron chi connectivity index (χ3n) is 4.41. The lowest BCUT2D eigenvalue weighted by Crippen LogP contribution is -2.28. The van der Waals surface area contributed by atoms with E-state index in [1.165, 1.54) is 5.39 Å². The molecule has 0 fully saturated rings. The molecule has 0 atom stereocenters. The first-order valence-electron chi connectivity index (χ1n) is 8.80. The molecule has 1 N–H and O–H groups in total. The van der Waals surface area contributed by atoms with Crippen LogP contribution < -0.4 is 0 Å². The van der Waals surface area contributed by atoms with Gasteiger partial charge in [0.1, 0.15) is 5.60 Å². The third kappa shape index (κ3) is 2.99. The molecule has 4 aromatic rings. The smallest absolute Gasteiger partial charge is 0.419 e. The normalized spacial score (nSPS) is 12.0. The molecule has 0 saturated carbocycles. The summed E-state index contributed by atoms with van der Waals surface area (Å²) in [6, 6.07) is 18.2. The van der Waals surface area contributed by atoms with Gasteiger partial charge >= 0.3 is 6.09 Å². The van der Waals surface area contributed by atoms with Crippen LogP contribution in [0, 0.1) is 0 Å². The fourth-order valence-electron chi connectivity index (χ4n) is 3.34. The van der Waals surface area contributed by atoms with Gasteiger partial charge in [-0.25, -0.2) is 9.36 Å². The lowest BCUT2D eigenvalue weighted by atomic mass is 10.1. The largest absolute Gasteiger partial charge is 0.443 e. The number of ether oxygens (including phenoxy) is 1. The van der Waals surface area contributed by atoms with Crippen molar-refractivity contribution in [3.8, 4) is 0 Å². The van der Waals surface area contributed by atoms with Gasteiger partial charge in [0.05, 0.1) is 5.52 Å². The average molecular weight is 346 g/mol. The zero-order valence-corrected chi connectivity index (χ0v) is 15.2. The first kappa shape index (κ1) is 16.5. The number of nitrogens with one attached hydrogen (secondary N) is 1. The summed E-state index contributed by atoms with van der Waals surface area (Å²) >= 11 is 0. The molecule has 0 spiro atoms. The van der Waals surface area contributed by atoms with E-state index in [9.17, 15) is 4.79 Å². The Hall–Kier alpha value is -3.01. The van der Waals surface area contributed by atoms with Crippen LogP contribution in [0.25, 0.3) is 21.8 Å². The van der Waals surface area contributed by atoms with Crippen molar-refractivity contribution in [2.24, 2.45) is 0 Å². The fraction of sp³-hybridized carbons (Fsp3) is 0.227. The van der Waals surface area contributed by atoms with Crippen LogP contribution in [-0.2, 0) is 11.2 Å². The van der Waals surface area contributed by atoms with Crippen molar-refractivity contribution in [1.82, 2.24) is 9.55 Å². The lowest BCUT2D eigenvalue weighted by molar-refractivity contribution is 0.0541. The van der Waals surface area contributed by atoms with Gasteiger partial charge in [-0.1, -0.05) is 36.4 Å². The van der Waals surface area contributed by atoms with Gasteiger partial charge in [0.15, 0.2) is 0 Å². The molecule has 2 heterocycles. The summed E-state index contributed by atoms with van der Waals surface area (Å²) in [5, 5.41) is 2.21. The molecule has 0 saturated heterocycles. The van der Waals surface area contributed by atoms with Gasteiger partial charge in [0.2, 0.25) is 0 Å². The molecule has 0 bridgehead atoms. The summed E-state index contributed by atoms with van der Waals surface area (Å²) in [7, 11) is 0. The van der Waals surface area contributed by atoms with Gasteiger partial charge in [-0.15, -0.1) is 0 Å². The Morgan fingerprint density at radius 1 is 1.08 bits per heavy atom. The molecule has 0 unspecified atom stereocenters. The Morgan fingerprint density at radius 2 is 1.81 bits per heavy atom. The maximum Gasteiger partial charge on any atom is 0.419 e. The van der Waals surface area contributed by atoms with Crippen molar-refractivity contribution in [3.63, 3.8) is 0 Å². The summed E-state index contributed by atoms with van der Waals surface area (Å²) in [5.74, 6) is 0. The molecule has 4 nitrogen and oxygen atoms in total. The molecule has 0 radical (unpaired) electrons. The van der Waals surface area contributed by atoms with E-state index in [0.717, 1.165) is 27.7 Å². The minimum absolute atomic E-state index is 0.339. The molecule has 26 heavy (non-hydrogen) atoms. The Bertz CT molecular complexity index is 1100. The molecular formula is C22H22N2O2. The summed E-state index contributed by atoms with van der Waals surface area (Å²) in [4.78, 5) is 16.2. The van der Waals surface area contributed by atoms with E-state index in [0.29, 0.717) is 6.42 Å². The molecule has 2 aromatic carbocycles. The molecule has 0 aliphatic rings. The topological polar surface area (TPSA) is 47.0 Å². The molecule has 4 rings (SSSR count). The van der Waals surface area contributed by atoms with Crippen LogP contribution in [0.15, 0.2) is 60.8 Å². The van der Waals surface area contributed by atoms with Crippen molar-refractivity contribution in [1.29, 1.82) is 0 Å². The summed E-state index contributed by atoms with van der Waals surface area (Å²) in [6.07, 6.45) is 2.33. The Labute approximate surface area is 152 Å². The zero-order valence-electron chi connectivity index (χ0n) is 15.2. The highest BCUT2D eigenvalue weighted by atomic mass is 16.6. The monoisotopic (exact) mass is 346 g/mol. The average Bonchev–Trinajstić information content (AvgIpc) is 3.15. The van der Waals surface area contributed by atoms with Crippen LogP contribution in [0.4, 0.5) is 4.79 Å². The number of carbonyl (C=O) groups is 1. The Morgan fingerprint density at radius 3 is 2.62 bits per heavy atom. The highest BCUT2D eigenvalue weighted by Crippen LogP contribution is 2.26. The highest BCUT2D eigenvalue weighted by Gasteiger charge is 2.22. The van der Waals surface area contributed by atoms with E-state index < -0.39 is 5.60 Å². The van der Waals surface area contributed by atoms with Crippen molar-refractivity contribution in [2.75, 3.05) is 0 Å². The van der Waals surface area contributed by atoms with Crippen LogP contribution in [0.2, 0.25) is 0 Å². The molecular weight excluding hydrogens is 324 g/mol. The second-order valence-corrected chi connectivity index (χ2v) is 7.55. The third-order valence-corrected chi connectivity index (χ3v) is 4.41. The highest BCUT2D eigenvalue weighted by molar-refractivity contribution is 5.91. The molecule has 132 valence electrons. The second kappa shape index (κ2) is 6.06. The molecule has 0 aliphatic heterocycles. The number of para-hydroxylation sites is 2. The van der Waals surface area contributed by atoms with Gasteiger partial charge in [-0.05, 0) is 44.5 Å².